The van der Waals surface area contributed by atoms with E-state index in [0.29, 0.717) is 24.3 Å². The summed E-state index contributed by atoms with van der Waals surface area (Å²) in [6.45, 7) is 0.0949. The molecule has 1 aromatic carbocycles. The molecule has 0 spiro atoms. The molecule has 0 aromatic heterocycles. The Balaban J connectivity index is 2.41. The molecule has 0 saturated heterocycles. The van der Waals surface area contributed by atoms with E-state index in [9.17, 15) is 18.0 Å². The minimum Gasteiger partial charge on any atom is -0.497 e. The maximum Gasteiger partial charge on any atom is 0.471 e. The number of halogens is 3. The van der Waals surface area contributed by atoms with Gasteiger partial charge in [0, 0.05) is 12.2 Å². The molecular formula is C13H14F3NO2. The van der Waals surface area contributed by atoms with E-state index in [0.717, 1.165) is 16.9 Å². The van der Waals surface area contributed by atoms with Gasteiger partial charge in [0.15, 0.2) is 0 Å². The van der Waals surface area contributed by atoms with Crippen molar-refractivity contribution >= 4 is 11.6 Å². The van der Waals surface area contributed by atoms with Crippen LogP contribution in [-0.2, 0) is 11.2 Å². The van der Waals surface area contributed by atoms with E-state index in [4.69, 9.17) is 4.74 Å². The Kier molecular flexibility index (Phi) is 3.68. The predicted molar refractivity (Wildman–Crippen MR) is 64.3 cm³/mol. The molecule has 1 aromatic rings. The zero-order valence-corrected chi connectivity index (χ0v) is 10.5. The molecule has 1 aliphatic heterocycles. The van der Waals surface area contributed by atoms with Crippen LogP contribution in [0.15, 0.2) is 18.2 Å². The number of nitrogens with zero attached hydrogens (tertiary/aromatic N) is 1. The van der Waals surface area contributed by atoms with Gasteiger partial charge >= 0.3 is 12.1 Å². The van der Waals surface area contributed by atoms with Crippen molar-refractivity contribution in [3.8, 4) is 5.75 Å². The van der Waals surface area contributed by atoms with Gasteiger partial charge in [-0.25, -0.2) is 0 Å². The molecule has 0 atom stereocenters. The molecule has 104 valence electrons. The van der Waals surface area contributed by atoms with Crippen molar-refractivity contribution in [2.75, 3.05) is 18.6 Å². The van der Waals surface area contributed by atoms with Gasteiger partial charge in [-0.3, -0.25) is 4.79 Å². The summed E-state index contributed by atoms with van der Waals surface area (Å²) in [4.78, 5) is 12.3. The topological polar surface area (TPSA) is 29.5 Å². The first-order chi connectivity index (χ1) is 8.93. The standard InChI is InChI=1S/C13H14F3NO2/c1-19-10-5-6-11-9(8-10)4-2-3-7-17(11)12(18)13(14,15)16/h5-6,8H,2-4,7H2,1H3. The third-order valence-corrected chi connectivity index (χ3v) is 3.14. The van der Waals surface area contributed by atoms with E-state index in [1.54, 1.807) is 12.1 Å². The van der Waals surface area contributed by atoms with Crippen molar-refractivity contribution in [1.29, 1.82) is 0 Å². The van der Waals surface area contributed by atoms with Crippen molar-refractivity contribution in [3.63, 3.8) is 0 Å². The molecule has 1 heterocycles. The second-order valence-corrected chi connectivity index (χ2v) is 4.41. The number of hydrogen-bond acceptors (Lipinski definition) is 2. The number of carbonyl (C=O) groups is 1. The number of methoxy groups -OCH3 is 1. The maximum atomic E-state index is 12.6. The van der Waals surface area contributed by atoms with Crippen LogP contribution in [0.2, 0.25) is 0 Å². The number of aryl methyl sites for hydroxylation is 1. The summed E-state index contributed by atoms with van der Waals surface area (Å²) in [5.41, 5.74) is 1.05. The van der Waals surface area contributed by atoms with Crippen LogP contribution < -0.4 is 9.64 Å². The smallest absolute Gasteiger partial charge is 0.471 e. The fraction of sp³-hybridized carbons (Fsp3) is 0.462. The highest BCUT2D eigenvalue weighted by atomic mass is 19.4. The second kappa shape index (κ2) is 5.11. The van der Waals surface area contributed by atoms with Crippen LogP contribution in [0.5, 0.6) is 5.75 Å². The van der Waals surface area contributed by atoms with Gasteiger partial charge in [0.25, 0.3) is 0 Å². The molecule has 6 heteroatoms. The zero-order valence-electron chi connectivity index (χ0n) is 10.5. The molecule has 0 bridgehead atoms. The number of rotatable bonds is 1. The fourth-order valence-corrected chi connectivity index (χ4v) is 2.22. The lowest BCUT2D eigenvalue weighted by Gasteiger charge is -2.24. The molecule has 0 N–H and O–H groups in total. The molecule has 3 nitrogen and oxygen atoms in total. The first kappa shape index (κ1) is 13.7. The largest absolute Gasteiger partial charge is 0.497 e. The zero-order chi connectivity index (χ0) is 14.0. The Labute approximate surface area is 109 Å². The average molecular weight is 273 g/mol. The first-order valence-electron chi connectivity index (χ1n) is 5.99. The number of carbonyl (C=O) groups excluding carboxylic acids is 1. The van der Waals surface area contributed by atoms with Crippen LogP contribution in [0.25, 0.3) is 0 Å². The minimum atomic E-state index is -4.85. The highest BCUT2D eigenvalue weighted by Gasteiger charge is 2.43. The lowest BCUT2D eigenvalue weighted by molar-refractivity contribution is -0.170. The van der Waals surface area contributed by atoms with Gasteiger partial charge in [-0.15, -0.1) is 0 Å². The van der Waals surface area contributed by atoms with Crippen molar-refractivity contribution in [1.82, 2.24) is 0 Å². The van der Waals surface area contributed by atoms with Gasteiger partial charge < -0.3 is 9.64 Å². The quantitative estimate of drug-likeness (QED) is 0.787. The number of anilines is 1. The summed E-state index contributed by atoms with van der Waals surface area (Å²) in [5.74, 6) is -1.22. The van der Waals surface area contributed by atoms with Gasteiger partial charge in [0.1, 0.15) is 5.75 Å². The molecule has 19 heavy (non-hydrogen) atoms. The van der Waals surface area contributed by atoms with Gasteiger partial charge in [-0.05, 0) is 43.0 Å². The molecule has 0 fully saturated rings. The number of amides is 1. The van der Waals surface area contributed by atoms with Crippen LogP contribution >= 0.6 is 0 Å². The lowest BCUT2D eigenvalue weighted by Crippen LogP contribution is -2.41. The Morgan fingerprint density at radius 2 is 2.05 bits per heavy atom. The predicted octanol–water partition coefficient (Wildman–Crippen LogP) is 2.93. The van der Waals surface area contributed by atoms with Crippen LogP contribution in [0, 0.1) is 0 Å². The number of hydrogen-bond donors (Lipinski definition) is 0. The number of fused-ring (bicyclic) bond motifs is 1. The first-order valence-corrected chi connectivity index (χ1v) is 5.99. The Morgan fingerprint density at radius 1 is 1.32 bits per heavy atom. The minimum absolute atomic E-state index is 0.0949. The van der Waals surface area contributed by atoms with Gasteiger partial charge in [0.05, 0.1) is 7.11 Å². The molecule has 1 aliphatic rings. The van der Waals surface area contributed by atoms with Crippen LogP contribution in [0.1, 0.15) is 18.4 Å². The molecule has 0 radical (unpaired) electrons. The number of alkyl halides is 3. The lowest BCUT2D eigenvalue weighted by atomic mass is 10.1. The summed E-state index contributed by atoms with van der Waals surface area (Å²) in [7, 11) is 1.50. The summed E-state index contributed by atoms with van der Waals surface area (Å²) in [5, 5.41) is 0. The van der Waals surface area contributed by atoms with E-state index >= 15 is 0 Å². The normalized spacial score (nSPS) is 15.7. The fourth-order valence-electron chi connectivity index (χ4n) is 2.22. The summed E-state index contributed by atoms with van der Waals surface area (Å²) >= 11 is 0. The van der Waals surface area contributed by atoms with Gasteiger partial charge in [-0.2, -0.15) is 13.2 Å². The maximum absolute atomic E-state index is 12.6. The third-order valence-electron chi connectivity index (χ3n) is 3.14. The van der Waals surface area contributed by atoms with Crippen molar-refractivity contribution in [2.45, 2.75) is 25.4 Å². The monoisotopic (exact) mass is 273 g/mol. The summed E-state index contributed by atoms with van der Waals surface area (Å²) in [6.07, 6.45) is -2.89. The van der Waals surface area contributed by atoms with E-state index in [2.05, 4.69) is 0 Å². The van der Waals surface area contributed by atoms with E-state index in [-0.39, 0.29) is 6.54 Å². The number of ether oxygens (including phenoxy) is 1. The van der Waals surface area contributed by atoms with Crippen molar-refractivity contribution in [2.24, 2.45) is 0 Å². The molecule has 2 rings (SSSR count). The molecule has 0 saturated carbocycles. The summed E-state index contributed by atoms with van der Waals surface area (Å²) < 4.78 is 42.8. The van der Waals surface area contributed by atoms with Gasteiger partial charge in [0.2, 0.25) is 0 Å². The molecular weight excluding hydrogens is 259 g/mol. The Hall–Kier alpha value is -1.72. The molecule has 0 aliphatic carbocycles. The van der Waals surface area contributed by atoms with Crippen LogP contribution in [0.3, 0.4) is 0 Å². The second-order valence-electron chi connectivity index (χ2n) is 4.41. The van der Waals surface area contributed by atoms with Crippen LogP contribution in [-0.4, -0.2) is 25.7 Å². The van der Waals surface area contributed by atoms with E-state index in [1.165, 1.54) is 13.2 Å². The highest BCUT2D eigenvalue weighted by Crippen LogP contribution is 2.32. The third kappa shape index (κ3) is 2.83. The Bertz CT molecular complexity index is 485. The molecule has 0 unspecified atom stereocenters. The van der Waals surface area contributed by atoms with Gasteiger partial charge in [-0.1, -0.05) is 0 Å². The van der Waals surface area contributed by atoms with Crippen molar-refractivity contribution in [3.05, 3.63) is 23.8 Å². The average Bonchev–Trinajstić information content (AvgIpc) is 2.57. The van der Waals surface area contributed by atoms with E-state index in [1.807, 2.05) is 0 Å². The van der Waals surface area contributed by atoms with Crippen molar-refractivity contribution < 1.29 is 22.7 Å². The Morgan fingerprint density at radius 3 is 2.68 bits per heavy atom. The van der Waals surface area contributed by atoms with E-state index < -0.39 is 12.1 Å². The summed E-state index contributed by atoms with van der Waals surface area (Å²) in [6, 6.07) is 4.78. The SMILES string of the molecule is COc1ccc2c(c1)CCCCN2C(=O)C(F)(F)F. The van der Waals surface area contributed by atoms with Crippen LogP contribution in [0.4, 0.5) is 18.9 Å². The molecule has 1 amide bonds. The highest BCUT2D eigenvalue weighted by molar-refractivity contribution is 5.98. The number of benzene rings is 1.